The molecule has 4 aromatic rings. The highest BCUT2D eigenvalue weighted by Gasteiger charge is 2.39. The summed E-state index contributed by atoms with van der Waals surface area (Å²) >= 11 is 0. The number of nitrogens with zero attached hydrogens (tertiary/aromatic N) is 3. The van der Waals surface area contributed by atoms with Gasteiger partial charge in [-0.1, -0.05) is 67.2 Å². The van der Waals surface area contributed by atoms with Crippen LogP contribution < -0.4 is 11.3 Å². The number of benzene rings is 2. The standard InChI is InChI=1S/C26H27N5O2/c1-17-21(15-33-14-19-10-6-3-7-11-19)20(12-18-8-4-2-5-9-18)13-22(17)31-16-28-23-24(31)29-26(27)30-25(23)32/h2-11,16,20-22H,1,12-15H2,(H3,27,29,30,32)/t20-,21-,22-/m1/s1. The topological polar surface area (TPSA) is 98.8 Å². The van der Waals surface area contributed by atoms with Crippen molar-refractivity contribution in [3.63, 3.8) is 0 Å². The summed E-state index contributed by atoms with van der Waals surface area (Å²) in [6, 6.07) is 20.6. The predicted octanol–water partition coefficient (Wildman–Crippen LogP) is 3.89. The maximum Gasteiger partial charge on any atom is 0.280 e. The van der Waals surface area contributed by atoms with Gasteiger partial charge in [0.15, 0.2) is 11.2 Å². The summed E-state index contributed by atoms with van der Waals surface area (Å²) in [4.78, 5) is 23.4. The molecule has 0 aliphatic heterocycles. The second kappa shape index (κ2) is 9.03. The molecule has 3 atom stereocenters. The van der Waals surface area contributed by atoms with Crippen molar-refractivity contribution in [2.75, 3.05) is 12.3 Å². The van der Waals surface area contributed by atoms with Crippen molar-refractivity contribution >= 4 is 17.1 Å². The summed E-state index contributed by atoms with van der Waals surface area (Å²) in [7, 11) is 0. The molecule has 33 heavy (non-hydrogen) atoms. The zero-order chi connectivity index (χ0) is 22.8. The number of anilines is 1. The van der Waals surface area contributed by atoms with Gasteiger partial charge in [-0.15, -0.1) is 0 Å². The zero-order valence-electron chi connectivity index (χ0n) is 18.4. The average molecular weight is 442 g/mol. The smallest absolute Gasteiger partial charge is 0.280 e. The van der Waals surface area contributed by atoms with Gasteiger partial charge in [0, 0.05) is 5.92 Å². The van der Waals surface area contributed by atoms with E-state index in [4.69, 9.17) is 10.5 Å². The summed E-state index contributed by atoms with van der Waals surface area (Å²) < 4.78 is 8.10. The van der Waals surface area contributed by atoms with Crippen LogP contribution in [0.4, 0.5) is 5.95 Å². The minimum atomic E-state index is -0.330. The van der Waals surface area contributed by atoms with Crippen LogP contribution in [0.3, 0.4) is 0 Å². The number of aromatic nitrogens is 4. The van der Waals surface area contributed by atoms with Gasteiger partial charge in [-0.25, -0.2) is 4.98 Å². The molecule has 1 aliphatic carbocycles. The normalized spacial score (nSPS) is 20.5. The molecule has 5 rings (SSSR count). The molecule has 0 amide bonds. The molecular formula is C26H27N5O2. The van der Waals surface area contributed by atoms with Crippen LogP contribution in [0.15, 0.2) is 83.9 Å². The monoisotopic (exact) mass is 441 g/mol. The lowest BCUT2D eigenvalue weighted by Crippen LogP contribution is -2.18. The highest BCUT2D eigenvalue weighted by molar-refractivity contribution is 5.71. The summed E-state index contributed by atoms with van der Waals surface area (Å²) in [5, 5.41) is 0. The third-order valence-electron chi connectivity index (χ3n) is 6.54. The van der Waals surface area contributed by atoms with Crippen molar-refractivity contribution in [2.45, 2.75) is 25.5 Å². The number of rotatable bonds is 7. The number of aromatic amines is 1. The number of fused-ring (bicyclic) bond motifs is 1. The van der Waals surface area contributed by atoms with Gasteiger partial charge in [0.25, 0.3) is 5.56 Å². The average Bonchev–Trinajstić information content (AvgIpc) is 3.37. The van der Waals surface area contributed by atoms with Crippen LogP contribution in [-0.4, -0.2) is 26.1 Å². The zero-order valence-corrected chi connectivity index (χ0v) is 18.4. The van der Waals surface area contributed by atoms with Crippen molar-refractivity contribution in [1.82, 2.24) is 19.5 Å². The Hall–Kier alpha value is -3.71. The van der Waals surface area contributed by atoms with Gasteiger partial charge < -0.3 is 15.0 Å². The molecule has 7 heteroatoms. The highest BCUT2D eigenvalue weighted by atomic mass is 16.5. The molecule has 168 valence electrons. The Labute approximate surface area is 192 Å². The van der Waals surface area contributed by atoms with Gasteiger partial charge in [0.2, 0.25) is 5.95 Å². The van der Waals surface area contributed by atoms with Gasteiger partial charge in [-0.2, -0.15) is 4.98 Å². The molecular weight excluding hydrogens is 414 g/mol. The first-order valence-electron chi connectivity index (χ1n) is 11.2. The minimum Gasteiger partial charge on any atom is -0.376 e. The Bertz CT molecular complexity index is 1310. The number of nitrogens with one attached hydrogen (secondary N) is 1. The van der Waals surface area contributed by atoms with Crippen molar-refractivity contribution in [2.24, 2.45) is 11.8 Å². The number of H-pyrrole nitrogens is 1. The number of ether oxygens (including phenoxy) is 1. The number of hydrogen-bond acceptors (Lipinski definition) is 5. The van der Waals surface area contributed by atoms with E-state index in [1.165, 1.54) is 5.56 Å². The summed E-state index contributed by atoms with van der Waals surface area (Å²) in [5.41, 5.74) is 9.78. The van der Waals surface area contributed by atoms with Gasteiger partial charge in [0.1, 0.15) is 0 Å². The van der Waals surface area contributed by atoms with E-state index in [2.05, 4.69) is 57.9 Å². The first-order valence-corrected chi connectivity index (χ1v) is 11.2. The maximum atomic E-state index is 12.3. The van der Waals surface area contributed by atoms with Gasteiger partial charge >= 0.3 is 0 Å². The van der Waals surface area contributed by atoms with Crippen LogP contribution in [-0.2, 0) is 17.8 Å². The summed E-state index contributed by atoms with van der Waals surface area (Å²) in [6.07, 6.45) is 3.47. The fourth-order valence-electron chi connectivity index (χ4n) is 4.88. The Morgan fingerprint density at radius 2 is 1.79 bits per heavy atom. The molecule has 0 unspecified atom stereocenters. The van der Waals surface area contributed by atoms with Crippen molar-refractivity contribution < 1.29 is 4.74 Å². The van der Waals surface area contributed by atoms with Gasteiger partial charge in [-0.05, 0) is 35.5 Å². The van der Waals surface area contributed by atoms with Crippen molar-refractivity contribution in [3.8, 4) is 0 Å². The van der Waals surface area contributed by atoms with E-state index >= 15 is 0 Å². The minimum absolute atomic E-state index is 0.0252. The van der Waals surface area contributed by atoms with E-state index < -0.39 is 0 Å². The largest absolute Gasteiger partial charge is 0.376 e. The molecule has 0 bridgehead atoms. The molecule has 0 radical (unpaired) electrons. The first kappa shape index (κ1) is 21.2. The Morgan fingerprint density at radius 3 is 2.52 bits per heavy atom. The second-order valence-corrected chi connectivity index (χ2v) is 8.66. The van der Waals surface area contributed by atoms with Crippen LogP contribution in [0, 0.1) is 11.8 Å². The molecule has 2 aromatic heterocycles. The van der Waals surface area contributed by atoms with Crippen molar-refractivity contribution in [3.05, 3.63) is 101 Å². The summed E-state index contributed by atoms with van der Waals surface area (Å²) in [6.45, 7) is 5.62. The molecule has 1 aliphatic rings. The fourth-order valence-corrected chi connectivity index (χ4v) is 4.88. The SMILES string of the molecule is C=C1[C@@H](COCc2ccccc2)[C@H](Cc2ccccc2)C[C@H]1n1cnc2c(=O)[nH]c(N)nc21. The van der Waals surface area contributed by atoms with Crippen LogP contribution in [0.25, 0.3) is 11.2 Å². The van der Waals surface area contributed by atoms with E-state index in [0.717, 1.165) is 24.0 Å². The van der Waals surface area contributed by atoms with Gasteiger partial charge in [0.05, 0.1) is 25.6 Å². The first-order chi connectivity index (χ1) is 16.1. The quantitative estimate of drug-likeness (QED) is 0.424. The lowest BCUT2D eigenvalue weighted by Gasteiger charge is -2.21. The van der Waals surface area contributed by atoms with E-state index in [1.807, 2.05) is 28.8 Å². The third kappa shape index (κ3) is 4.32. The number of nitrogens with two attached hydrogens (primary N) is 1. The molecule has 2 aromatic carbocycles. The molecule has 1 saturated carbocycles. The number of imidazole rings is 1. The van der Waals surface area contributed by atoms with E-state index in [-0.39, 0.29) is 23.5 Å². The Balaban J connectivity index is 1.41. The maximum absolute atomic E-state index is 12.3. The Morgan fingerprint density at radius 1 is 1.09 bits per heavy atom. The van der Waals surface area contributed by atoms with Gasteiger partial charge in [-0.3, -0.25) is 9.78 Å². The van der Waals surface area contributed by atoms with Crippen LogP contribution in [0.1, 0.15) is 23.6 Å². The lowest BCUT2D eigenvalue weighted by atomic mass is 9.89. The number of hydrogen-bond donors (Lipinski definition) is 2. The van der Waals surface area contributed by atoms with Crippen LogP contribution >= 0.6 is 0 Å². The molecule has 2 heterocycles. The highest BCUT2D eigenvalue weighted by Crippen LogP contribution is 2.45. The second-order valence-electron chi connectivity index (χ2n) is 8.66. The number of nitrogen functional groups attached to an aromatic ring is 1. The predicted molar refractivity (Wildman–Crippen MR) is 129 cm³/mol. The van der Waals surface area contributed by atoms with Crippen LogP contribution in [0.2, 0.25) is 0 Å². The molecule has 0 spiro atoms. The molecule has 0 saturated heterocycles. The van der Waals surface area contributed by atoms with E-state index in [0.29, 0.717) is 30.3 Å². The molecule has 1 fully saturated rings. The lowest BCUT2D eigenvalue weighted by molar-refractivity contribution is 0.0847. The van der Waals surface area contributed by atoms with Crippen molar-refractivity contribution in [1.29, 1.82) is 0 Å². The fraction of sp³-hybridized carbons (Fsp3) is 0.269. The third-order valence-corrected chi connectivity index (χ3v) is 6.54. The Kier molecular flexibility index (Phi) is 5.79. The molecule has 7 nitrogen and oxygen atoms in total. The summed E-state index contributed by atoms with van der Waals surface area (Å²) in [5.74, 6) is 0.606. The van der Waals surface area contributed by atoms with E-state index in [1.54, 1.807) is 6.33 Å². The van der Waals surface area contributed by atoms with Crippen LogP contribution in [0.5, 0.6) is 0 Å². The molecule has 3 N–H and O–H groups in total. The van der Waals surface area contributed by atoms with E-state index in [9.17, 15) is 4.79 Å².